The highest BCUT2D eigenvalue weighted by Crippen LogP contribution is 2.34. The summed E-state index contributed by atoms with van der Waals surface area (Å²) in [7, 11) is 0. The molecule has 2 unspecified atom stereocenters. The monoisotopic (exact) mass is 427 g/mol. The van der Waals surface area contributed by atoms with Crippen LogP contribution in [-0.4, -0.2) is 59.7 Å². The van der Waals surface area contributed by atoms with Crippen LogP contribution in [0.1, 0.15) is 49.9 Å². The topological polar surface area (TPSA) is 105 Å². The number of ether oxygens (including phenoxy) is 1. The van der Waals surface area contributed by atoms with E-state index in [0.29, 0.717) is 17.8 Å². The Morgan fingerprint density at radius 1 is 1.13 bits per heavy atom. The van der Waals surface area contributed by atoms with Crippen LogP contribution < -0.4 is 10.6 Å². The third-order valence-corrected chi connectivity index (χ3v) is 6.61. The van der Waals surface area contributed by atoms with Gasteiger partial charge in [0.1, 0.15) is 18.7 Å². The zero-order chi connectivity index (χ0) is 22.1. The van der Waals surface area contributed by atoms with Crippen LogP contribution in [0.5, 0.6) is 0 Å². The van der Waals surface area contributed by atoms with E-state index in [1.165, 1.54) is 6.92 Å². The van der Waals surface area contributed by atoms with Gasteiger partial charge in [0.05, 0.1) is 6.10 Å². The van der Waals surface area contributed by atoms with E-state index in [0.717, 1.165) is 25.7 Å². The summed E-state index contributed by atoms with van der Waals surface area (Å²) >= 11 is 0. The number of hydrogen-bond donors (Lipinski definition) is 2. The lowest BCUT2D eigenvalue weighted by molar-refractivity contribution is -0.139. The molecule has 1 aromatic carbocycles. The van der Waals surface area contributed by atoms with E-state index in [4.69, 9.17) is 4.74 Å². The second kappa shape index (κ2) is 8.78. The summed E-state index contributed by atoms with van der Waals surface area (Å²) < 4.78 is 5.62. The van der Waals surface area contributed by atoms with E-state index >= 15 is 0 Å². The second-order valence-corrected chi connectivity index (χ2v) is 8.91. The number of rotatable bonds is 5. The van der Waals surface area contributed by atoms with E-state index in [9.17, 15) is 19.2 Å². The Bertz CT molecular complexity index is 878. The fourth-order valence-corrected chi connectivity index (χ4v) is 5.10. The molecule has 2 heterocycles. The zero-order valence-corrected chi connectivity index (χ0v) is 17.9. The zero-order valence-electron chi connectivity index (χ0n) is 17.9. The van der Waals surface area contributed by atoms with E-state index in [-0.39, 0.29) is 48.1 Å². The van der Waals surface area contributed by atoms with Crippen LogP contribution in [0.3, 0.4) is 0 Å². The minimum atomic E-state index is -0.663. The van der Waals surface area contributed by atoms with Crippen LogP contribution >= 0.6 is 0 Å². The number of carbonyl (C=O) groups excluding carboxylic acids is 4. The van der Waals surface area contributed by atoms with Crippen molar-refractivity contribution in [2.75, 3.05) is 18.5 Å². The molecule has 0 bridgehead atoms. The Labute approximate surface area is 181 Å². The number of carbonyl (C=O) groups is 4. The molecule has 0 radical (unpaired) electrons. The van der Waals surface area contributed by atoms with Gasteiger partial charge in [-0.2, -0.15) is 0 Å². The summed E-state index contributed by atoms with van der Waals surface area (Å²) in [4.78, 5) is 51.7. The van der Waals surface area contributed by atoms with Crippen LogP contribution in [0.2, 0.25) is 0 Å². The van der Waals surface area contributed by atoms with Gasteiger partial charge in [-0.1, -0.05) is 19.8 Å². The minimum absolute atomic E-state index is 0.0462. The SMILES string of the molecule is CC(=O)Nc1ccc(C(=O)NC(C(=O)N2CC(C)[C@@H]3OCC(=O)[C@H]32)C2CCCC2)cc1. The molecule has 2 saturated heterocycles. The molecule has 3 fully saturated rings. The molecule has 1 saturated carbocycles. The fourth-order valence-electron chi connectivity index (χ4n) is 5.10. The van der Waals surface area contributed by atoms with Gasteiger partial charge < -0.3 is 20.3 Å². The predicted molar refractivity (Wildman–Crippen MR) is 113 cm³/mol. The maximum absolute atomic E-state index is 13.6. The molecule has 3 amide bonds. The van der Waals surface area contributed by atoms with Crippen molar-refractivity contribution in [2.24, 2.45) is 11.8 Å². The Hall–Kier alpha value is -2.74. The molecular weight excluding hydrogens is 398 g/mol. The molecule has 2 aliphatic heterocycles. The number of nitrogens with zero attached hydrogens (tertiary/aromatic N) is 1. The van der Waals surface area contributed by atoms with Crippen LogP contribution in [-0.2, 0) is 19.1 Å². The van der Waals surface area contributed by atoms with Crippen molar-refractivity contribution in [1.29, 1.82) is 0 Å². The Morgan fingerprint density at radius 2 is 1.81 bits per heavy atom. The van der Waals surface area contributed by atoms with Gasteiger partial charge >= 0.3 is 0 Å². The van der Waals surface area contributed by atoms with Gasteiger partial charge in [0.15, 0.2) is 5.78 Å². The number of anilines is 1. The number of hydrogen-bond acceptors (Lipinski definition) is 5. The maximum Gasteiger partial charge on any atom is 0.251 e. The summed E-state index contributed by atoms with van der Waals surface area (Å²) in [5, 5.41) is 5.62. The Morgan fingerprint density at radius 3 is 2.45 bits per heavy atom. The van der Waals surface area contributed by atoms with Gasteiger partial charge in [-0.25, -0.2) is 0 Å². The molecule has 8 heteroatoms. The van der Waals surface area contributed by atoms with Crippen LogP contribution in [0.4, 0.5) is 5.69 Å². The van der Waals surface area contributed by atoms with Crippen molar-refractivity contribution in [3.63, 3.8) is 0 Å². The van der Waals surface area contributed by atoms with E-state index in [1.54, 1.807) is 29.2 Å². The highest BCUT2D eigenvalue weighted by Gasteiger charge is 2.52. The molecule has 1 aliphatic carbocycles. The molecule has 0 spiro atoms. The van der Waals surface area contributed by atoms with Gasteiger partial charge in [-0.3, -0.25) is 19.2 Å². The molecule has 3 aliphatic rings. The third kappa shape index (κ3) is 4.35. The number of nitrogens with one attached hydrogen (secondary N) is 2. The van der Waals surface area contributed by atoms with Crippen molar-refractivity contribution in [1.82, 2.24) is 10.2 Å². The van der Waals surface area contributed by atoms with E-state index < -0.39 is 12.1 Å². The third-order valence-electron chi connectivity index (χ3n) is 6.61. The normalized spacial score (nSPS) is 26.6. The largest absolute Gasteiger partial charge is 0.367 e. The summed E-state index contributed by atoms with van der Waals surface area (Å²) in [6.45, 7) is 3.92. The summed E-state index contributed by atoms with van der Waals surface area (Å²) in [6.07, 6.45) is 3.55. The molecule has 4 rings (SSSR count). The second-order valence-electron chi connectivity index (χ2n) is 8.91. The van der Waals surface area contributed by atoms with Crippen molar-refractivity contribution in [3.8, 4) is 0 Å². The van der Waals surface area contributed by atoms with Gasteiger partial charge in [-0.15, -0.1) is 0 Å². The van der Waals surface area contributed by atoms with Gasteiger partial charge in [0.2, 0.25) is 11.8 Å². The summed E-state index contributed by atoms with van der Waals surface area (Å²) in [5.74, 6) is -0.630. The molecule has 8 nitrogen and oxygen atoms in total. The van der Waals surface area contributed by atoms with E-state index in [2.05, 4.69) is 10.6 Å². The summed E-state index contributed by atoms with van der Waals surface area (Å²) in [5.41, 5.74) is 1.02. The molecule has 166 valence electrons. The maximum atomic E-state index is 13.6. The smallest absolute Gasteiger partial charge is 0.251 e. The summed E-state index contributed by atoms with van der Waals surface area (Å²) in [6, 6.07) is 5.36. The first-order valence-corrected chi connectivity index (χ1v) is 11.0. The van der Waals surface area contributed by atoms with Crippen molar-refractivity contribution < 1.29 is 23.9 Å². The lowest BCUT2D eigenvalue weighted by Crippen LogP contribution is -2.54. The number of benzene rings is 1. The lowest BCUT2D eigenvalue weighted by Gasteiger charge is -2.30. The van der Waals surface area contributed by atoms with Gasteiger partial charge in [0.25, 0.3) is 5.91 Å². The highest BCUT2D eigenvalue weighted by molar-refractivity contribution is 6.00. The first kappa shape index (κ1) is 21.5. The number of fused-ring (bicyclic) bond motifs is 1. The molecule has 4 atom stereocenters. The van der Waals surface area contributed by atoms with E-state index in [1.807, 2.05) is 6.92 Å². The Balaban J connectivity index is 1.51. The average Bonchev–Trinajstić information content (AvgIpc) is 3.46. The first-order valence-electron chi connectivity index (χ1n) is 11.0. The van der Waals surface area contributed by atoms with Crippen molar-refractivity contribution >= 4 is 29.2 Å². The molecule has 31 heavy (non-hydrogen) atoms. The first-order chi connectivity index (χ1) is 14.8. The minimum Gasteiger partial charge on any atom is -0.367 e. The number of Topliss-reactive ketones (excluding diaryl/α,β-unsaturated/α-hetero) is 1. The van der Waals surface area contributed by atoms with Crippen molar-refractivity contribution in [2.45, 2.75) is 57.7 Å². The van der Waals surface area contributed by atoms with Crippen LogP contribution in [0.25, 0.3) is 0 Å². The molecule has 2 N–H and O–H groups in total. The average molecular weight is 428 g/mol. The number of likely N-dealkylation sites (tertiary alicyclic amines) is 1. The van der Waals surface area contributed by atoms with Crippen LogP contribution in [0.15, 0.2) is 24.3 Å². The molecule has 0 aromatic heterocycles. The Kier molecular flexibility index (Phi) is 6.09. The number of ketones is 1. The van der Waals surface area contributed by atoms with Crippen LogP contribution in [0, 0.1) is 11.8 Å². The lowest BCUT2D eigenvalue weighted by atomic mass is 9.95. The molecule has 1 aromatic rings. The standard InChI is InChI=1S/C23H29N3O5/c1-13-11-26(20-18(28)12-31-21(13)20)23(30)19(15-5-3-4-6-15)25-22(29)16-7-9-17(10-8-16)24-14(2)27/h7-10,13,15,19-21H,3-6,11-12H2,1-2H3,(H,24,27)(H,25,29)/t13?,19?,20-,21+/m1/s1. The predicted octanol–water partition coefficient (Wildman–Crippen LogP) is 1.75. The highest BCUT2D eigenvalue weighted by atomic mass is 16.5. The quantitative estimate of drug-likeness (QED) is 0.745. The molecular formula is C23H29N3O5. The van der Waals surface area contributed by atoms with Crippen molar-refractivity contribution in [3.05, 3.63) is 29.8 Å². The van der Waals surface area contributed by atoms with Gasteiger partial charge in [-0.05, 0) is 43.0 Å². The van der Waals surface area contributed by atoms with Gasteiger partial charge in [0, 0.05) is 30.6 Å². The number of amides is 3. The fraction of sp³-hybridized carbons (Fsp3) is 0.565.